The van der Waals surface area contributed by atoms with E-state index < -0.39 is 0 Å². The van der Waals surface area contributed by atoms with Crippen molar-refractivity contribution >= 4 is 28.8 Å². The molecule has 0 radical (unpaired) electrons. The fraction of sp³-hybridized carbons (Fsp3) is 0.545. The Labute approximate surface area is 182 Å². The third-order valence-electron chi connectivity index (χ3n) is 5.33. The zero-order valence-corrected chi connectivity index (χ0v) is 18.8. The summed E-state index contributed by atoms with van der Waals surface area (Å²) in [5.41, 5.74) is 1.99. The van der Waals surface area contributed by atoms with Crippen LogP contribution in [0.4, 0.5) is 5.69 Å². The molecule has 1 aromatic heterocycles. The highest BCUT2D eigenvalue weighted by atomic mass is 32.1. The summed E-state index contributed by atoms with van der Waals surface area (Å²) >= 11 is 1.34. The van der Waals surface area contributed by atoms with Gasteiger partial charge in [-0.2, -0.15) is 0 Å². The van der Waals surface area contributed by atoms with E-state index in [9.17, 15) is 9.59 Å². The van der Waals surface area contributed by atoms with E-state index in [1.54, 1.807) is 0 Å². The lowest BCUT2D eigenvalue weighted by molar-refractivity contribution is -0.124. The van der Waals surface area contributed by atoms with E-state index in [1.807, 2.05) is 38.1 Å². The number of nitrogens with one attached hydrogen (secondary N) is 2. The number of piperidine rings is 1. The molecule has 30 heavy (non-hydrogen) atoms. The third-order valence-corrected chi connectivity index (χ3v) is 6.24. The fourth-order valence-electron chi connectivity index (χ4n) is 3.52. The van der Waals surface area contributed by atoms with Gasteiger partial charge in [-0.05, 0) is 49.4 Å². The van der Waals surface area contributed by atoms with Gasteiger partial charge in [0, 0.05) is 24.7 Å². The molecule has 0 spiro atoms. The van der Waals surface area contributed by atoms with E-state index in [4.69, 9.17) is 0 Å². The van der Waals surface area contributed by atoms with Crippen molar-refractivity contribution in [3.05, 3.63) is 39.8 Å². The summed E-state index contributed by atoms with van der Waals surface area (Å²) in [5, 5.41) is 15.4. The van der Waals surface area contributed by atoms with E-state index in [0.29, 0.717) is 24.0 Å². The molecule has 1 saturated heterocycles. The highest BCUT2D eigenvalue weighted by Crippen LogP contribution is 2.20. The monoisotopic (exact) mass is 429 g/mol. The second kappa shape index (κ2) is 10.6. The van der Waals surface area contributed by atoms with E-state index in [-0.39, 0.29) is 17.7 Å². The zero-order valence-electron chi connectivity index (χ0n) is 18.0. The second-order valence-corrected chi connectivity index (χ2v) is 9.21. The van der Waals surface area contributed by atoms with E-state index in [2.05, 4.69) is 32.7 Å². The molecule has 2 N–H and O–H groups in total. The molecule has 1 aliphatic heterocycles. The second-order valence-electron chi connectivity index (χ2n) is 8.15. The SMILES string of the molecule is CCc1ccc(NC(=O)c2nnc(CN3CCC[C@@H](CNC(=O)C(C)C)C3)s2)cc1. The van der Waals surface area contributed by atoms with Crippen molar-refractivity contribution in [1.29, 1.82) is 0 Å². The van der Waals surface area contributed by atoms with Crippen molar-refractivity contribution in [2.75, 3.05) is 25.0 Å². The van der Waals surface area contributed by atoms with Crippen molar-refractivity contribution in [1.82, 2.24) is 20.4 Å². The number of nitrogens with zero attached hydrogens (tertiary/aromatic N) is 3. The summed E-state index contributed by atoms with van der Waals surface area (Å²) in [6.07, 6.45) is 3.19. The zero-order chi connectivity index (χ0) is 21.5. The molecular formula is C22H31N5O2S. The lowest BCUT2D eigenvalue weighted by Crippen LogP contribution is -2.41. The Morgan fingerprint density at radius 2 is 2.00 bits per heavy atom. The van der Waals surface area contributed by atoms with Crippen LogP contribution in [0.1, 0.15) is 54.0 Å². The van der Waals surface area contributed by atoms with E-state index in [0.717, 1.165) is 43.0 Å². The molecular weight excluding hydrogens is 398 g/mol. The van der Waals surface area contributed by atoms with Crippen molar-refractivity contribution in [3.63, 3.8) is 0 Å². The van der Waals surface area contributed by atoms with Gasteiger partial charge < -0.3 is 10.6 Å². The van der Waals surface area contributed by atoms with Gasteiger partial charge in [0.05, 0.1) is 6.54 Å². The molecule has 7 nitrogen and oxygen atoms in total. The van der Waals surface area contributed by atoms with Crippen LogP contribution in [0, 0.1) is 11.8 Å². The first-order chi connectivity index (χ1) is 14.4. The Bertz CT molecular complexity index is 849. The fourth-order valence-corrected chi connectivity index (χ4v) is 4.30. The van der Waals surface area contributed by atoms with Crippen molar-refractivity contribution in [3.8, 4) is 0 Å². The van der Waals surface area contributed by atoms with E-state index >= 15 is 0 Å². The van der Waals surface area contributed by atoms with Crippen LogP contribution in [-0.2, 0) is 17.8 Å². The number of carbonyl (C=O) groups excluding carboxylic acids is 2. The largest absolute Gasteiger partial charge is 0.356 e. The Balaban J connectivity index is 1.50. The van der Waals surface area contributed by atoms with Gasteiger partial charge in [0.25, 0.3) is 5.91 Å². The van der Waals surface area contributed by atoms with Crippen LogP contribution in [0.15, 0.2) is 24.3 Å². The Hall–Kier alpha value is -2.32. The molecule has 0 aliphatic carbocycles. The number of aryl methyl sites for hydroxylation is 1. The molecule has 1 aromatic carbocycles. The molecule has 0 bridgehead atoms. The first-order valence-corrected chi connectivity index (χ1v) is 11.5. The number of hydrogen-bond acceptors (Lipinski definition) is 6. The van der Waals surface area contributed by atoms with Crippen LogP contribution >= 0.6 is 11.3 Å². The topological polar surface area (TPSA) is 87.2 Å². The minimum absolute atomic E-state index is 0.0141. The molecule has 0 saturated carbocycles. The predicted molar refractivity (Wildman–Crippen MR) is 120 cm³/mol. The van der Waals surface area contributed by atoms with Crippen molar-refractivity contribution < 1.29 is 9.59 Å². The van der Waals surface area contributed by atoms with E-state index in [1.165, 1.54) is 16.9 Å². The van der Waals surface area contributed by atoms with Gasteiger partial charge in [-0.3, -0.25) is 14.5 Å². The molecule has 162 valence electrons. The Kier molecular flexibility index (Phi) is 7.93. The number of hydrogen-bond donors (Lipinski definition) is 2. The molecule has 0 unspecified atom stereocenters. The molecule has 3 rings (SSSR count). The van der Waals surface area contributed by atoms with Crippen LogP contribution in [0.5, 0.6) is 0 Å². The first-order valence-electron chi connectivity index (χ1n) is 10.7. The van der Waals surface area contributed by atoms with Crippen molar-refractivity contribution in [2.24, 2.45) is 11.8 Å². The predicted octanol–water partition coefficient (Wildman–Crippen LogP) is 3.34. The van der Waals surface area contributed by atoms with Crippen LogP contribution in [0.25, 0.3) is 0 Å². The minimum atomic E-state index is -0.226. The van der Waals surface area contributed by atoms with Gasteiger partial charge in [-0.15, -0.1) is 10.2 Å². The average molecular weight is 430 g/mol. The maximum Gasteiger partial charge on any atom is 0.286 e. The quantitative estimate of drug-likeness (QED) is 0.672. The van der Waals surface area contributed by atoms with Gasteiger partial charge >= 0.3 is 0 Å². The molecule has 8 heteroatoms. The summed E-state index contributed by atoms with van der Waals surface area (Å²) in [4.78, 5) is 26.6. The van der Waals surface area contributed by atoms with Gasteiger partial charge in [-0.25, -0.2) is 0 Å². The van der Waals surface area contributed by atoms with Crippen LogP contribution in [0.2, 0.25) is 0 Å². The molecule has 1 fully saturated rings. The van der Waals surface area contributed by atoms with Gasteiger partial charge in [0.15, 0.2) is 0 Å². The summed E-state index contributed by atoms with van der Waals surface area (Å²) in [5.74, 6) is 0.343. The molecule has 2 aromatic rings. The normalized spacial score (nSPS) is 17.1. The number of amides is 2. The van der Waals surface area contributed by atoms with Gasteiger partial charge in [-0.1, -0.05) is 44.2 Å². The summed E-state index contributed by atoms with van der Waals surface area (Å²) < 4.78 is 0. The minimum Gasteiger partial charge on any atom is -0.356 e. The van der Waals surface area contributed by atoms with Crippen LogP contribution in [-0.4, -0.2) is 46.5 Å². The highest BCUT2D eigenvalue weighted by molar-refractivity contribution is 7.13. The standard InChI is InChI=1S/C22H31N5O2S/c1-4-16-7-9-18(10-8-16)24-21(29)22-26-25-19(30-22)14-27-11-5-6-17(13-27)12-23-20(28)15(2)3/h7-10,15,17H,4-6,11-14H2,1-3H3,(H,23,28)(H,24,29)/t17-/m0/s1. The van der Waals surface area contributed by atoms with Crippen LogP contribution < -0.4 is 10.6 Å². The number of aromatic nitrogens is 2. The van der Waals surface area contributed by atoms with Gasteiger partial charge in [0.1, 0.15) is 5.01 Å². The smallest absolute Gasteiger partial charge is 0.286 e. The molecule has 1 aliphatic rings. The highest BCUT2D eigenvalue weighted by Gasteiger charge is 2.22. The Morgan fingerprint density at radius 1 is 1.23 bits per heavy atom. The van der Waals surface area contributed by atoms with Crippen LogP contribution in [0.3, 0.4) is 0 Å². The third kappa shape index (κ3) is 6.34. The average Bonchev–Trinajstić information content (AvgIpc) is 3.21. The lowest BCUT2D eigenvalue weighted by Gasteiger charge is -2.32. The number of benzene rings is 1. The number of carbonyl (C=O) groups is 2. The number of anilines is 1. The summed E-state index contributed by atoms with van der Waals surface area (Å²) in [7, 11) is 0. The summed E-state index contributed by atoms with van der Waals surface area (Å²) in [6, 6.07) is 7.84. The molecule has 1 atom stereocenters. The molecule has 2 heterocycles. The van der Waals surface area contributed by atoms with Crippen molar-refractivity contribution in [2.45, 2.75) is 46.6 Å². The maximum absolute atomic E-state index is 12.5. The maximum atomic E-state index is 12.5. The number of likely N-dealkylation sites (tertiary alicyclic amines) is 1. The molecule has 2 amide bonds. The van der Waals surface area contributed by atoms with Gasteiger partial charge in [0.2, 0.25) is 10.9 Å². The first kappa shape index (κ1) is 22.4. The lowest BCUT2D eigenvalue weighted by atomic mass is 9.98. The summed E-state index contributed by atoms with van der Waals surface area (Å²) in [6.45, 7) is 9.24. The number of rotatable bonds is 8. The Morgan fingerprint density at radius 3 is 2.70 bits per heavy atom.